The minimum Gasteiger partial charge on any atom is -0.324 e. The Labute approximate surface area is 157 Å². The van der Waals surface area contributed by atoms with Crippen molar-refractivity contribution in [3.63, 3.8) is 0 Å². The van der Waals surface area contributed by atoms with E-state index in [1.807, 2.05) is 0 Å². The molecule has 0 aliphatic rings. The number of nitrogens with zero attached hydrogens (tertiary/aromatic N) is 2. The zero-order valence-corrected chi connectivity index (χ0v) is 16.8. The molecule has 0 radical (unpaired) electrons. The molecule has 4 rings (SSSR count). The second-order valence-electron chi connectivity index (χ2n) is 9.01. The topological polar surface area (TPSA) is 8.82 Å². The first-order valence-electron chi connectivity index (χ1n) is 9.29. The Morgan fingerprint density at radius 2 is 1.19 bits per heavy atom. The molecule has 2 heteroatoms. The summed E-state index contributed by atoms with van der Waals surface area (Å²) in [7, 11) is 0. The number of fused-ring (bicyclic) bond motifs is 2. The molecule has 0 unspecified atom stereocenters. The Balaban J connectivity index is 0.000000151. The Hall–Kier alpha value is -2.48. The van der Waals surface area contributed by atoms with Gasteiger partial charge in [0.25, 0.3) is 0 Å². The largest absolute Gasteiger partial charge is 0.324 e. The molecule has 0 aliphatic carbocycles. The second kappa shape index (κ2) is 6.68. The van der Waals surface area contributed by atoms with Crippen LogP contribution in [0.3, 0.4) is 0 Å². The maximum atomic E-state index is 2.25. The van der Waals surface area contributed by atoms with Gasteiger partial charge >= 0.3 is 0 Å². The molecular weight excluding hydrogens is 316 g/mol. The summed E-state index contributed by atoms with van der Waals surface area (Å²) in [5.74, 6) is 0. The molecule has 0 fully saturated rings. The quantitative estimate of drug-likeness (QED) is 0.345. The van der Waals surface area contributed by atoms with Crippen LogP contribution in [0.15, 0.2) is 73.3 Å². The van der Waals surface area contributed by atoms with Gasteiger partial charge < -0.3 is 8.80 Å². The third-order valence-electron chi connectivity index (χ3n) is 4.79. The third-order valence-corrected chi connectivity index (χ3v) is 4.79. The zero-order chi connectivity index (χ0) is 18.9. The van der Waals surface area contributed by atoms with E-state index in [9.17, 15) is 0 Å². The number of aromatic nitrogens is 2. The molecule has 136 valence electrons. The van der Waals surface area contributed by atoms with E-state index in [4.69, 9.17) is 0 Å². The molecule has 2 nitrogen and oxygen atoms in total. The van der Waals surface area contributed by atoms with E-state index in [1.54, 1.807) is 0 Å². The van der Waals surface area contributed by atoms with E-state index < -0.39 is 0 Å². The highest BCUT2D eigenvalue weighted by molar-refractivity contribution is 5.51. The van der Waals surface area contributed by atoms with Gasteiger partial charge in [0.05, 0.1) is 0 Å². The van der Waals surface area contributed by atoms with Crippen LogP contribution >= 0.6 is 0 Å². The molecule has 0 saturated heterocycles. The van der Waals surface area contributed by atoms with Gasteiger partial charge in [-0.15, -0.1) is 0 Å². The summed E-state index contributed by atoms with van der Waals surface area (Å²) in [6, 6.07) is 17.2. The minimum absolute atomic E-state index is 0.235. The Morgan fingerprint density at radius 1 is 0.577 bits per heavy atom. The van der Waals surface area contributed by atoms with Gasteiger partial charge in [0, 0.05) is 35.8 Å². The maximum Gasteiger partial charge on any atom is 0.0452 e. The van der Waals surface area contributed by atoms with E-state index in [2.05, 4.69) is 124 Å². The van der Waals surface area contributed by atoms with Crippen LogP contribution in [0.2, 0.25) is 0 Å². The van der Waals surface area contributed by atoms with Crippen molar-refractivity contribution >= 4 is 11.0 Å². The van der Waals surface area contributed by atoms with Crippen LogP contribution in [-0.4, -0.2) is 8.80 Å². The van der Waals surface area contributed by atoms with Crippen molar-refractivity contribution in [3.8, 4) is 0 Å². The standard InChI is InChI=1S/2C12H15N/c1-12(2,3)10-6-7-11-5-4-8-13(11)9-10;1-12(2,3)10-6-8-13-7-4-5-11(13)9-10/h2*4-9H,1-3H3. The van der Waals surface area contributed by atoms with E-state index in [0.717, 1.165) is 0 Å². The molecule has 0 atom stereocenters. The van der Waals surface area contributed by atoms with Crippen molar-refractivity contribution in [3.05, 3.63) is 84.4 Å². The van der Waals surface area contributed by atoms with Gasteiger partial charge in [-0.1, -0.05) is 47.6 Å². The van der Waals surface area contributed by atoms with Crippen molar-refractivity contribution in [1.82, 2.24) is 8.80 Å². The highest BCUT2D eigenvalue weighted by atomic mass is 14.9. The van der Waals surface area contributed by atoms with Crippen LogP contribution < -0.4 is 0 Å². The van der Waals surface area contributed by atoms with E-state index in [0.29, 0.717) is 0 Å². The number of pyridine rings is 2. The van der Waals surface area contributed by atoms with Crippen molar-refractivity contribution in [2.45, 2.75) is 52.4 Å². The molecule has 0 N–H and O–H groups in total. The molecule has 0 saturated carbocycles. The van der Waals surface area contributed by atoms with Gasteiger partial charge in [-0.2, -0.15) is 0 Å². The average molecular weight is 347 g/mol. The van der Waals surface area contributed by atoms with E-state index in [-0.39, 0.29) is 10.8 Å². The average Bonchev–Trinajstić information content (AvgIpc) is 3.21. The molecular formula is C24H30N2. The molecule has 4 aromatic rings. The van der Waals surface area contributed by atoms with Gasteiger partial charge in [0.15, 0.2) is 0 Å². The fourth-order valence-electron chi connectivity index (χ4n) is 2.98. The highest BCUT2D eigenvalue weighted by Crippen LogP contribution is 2.23. The smallest absolute Gasteiger partial charge is 0.0452 e. The fraction of sp³-hybridized carbons (Fsp3) is 0.333. The number of hydrogen-bond donors (Lipinski definition) is 0. The first-order chi connectivity index (χ1) is 12.1. The van der Waals surface area contributed by atoms with Crippen LogP contribution in [0.25, 0.3) is 11.0 Å². The molecule has 0 aliphatic heterocycles. The third kappa shape index (κ3) is 4.01. The van der Waals surface area contributed by atoms with Crippen molar-refractivity contribution in [2.24, 2.45) is 0 Å². The highest BCUT2D eigenvalue weighted by Gasteiger charge is 2.14. The SMILES string of the molecule is CC(C)(C)c1ccc2cccn2c1.CC(C)(C)c1ccn2cccc2c1. The van der Waals surface area contributed by atoms with Gasteiger partial charge in [-0.05, 0) is 64.4 Å². The van der Waals surface area contributed by atoms with Crippen molar-refractivity contribution in [1.29, 1.82) is 0 Å². The van der Waals surface area contributed by atoms with E-state index >= 15 is 0 Å². The van der Waals surface area contributed by atoms with Crippen molar-refractivity contribution < 1.29 is 0 Å². The summed E-state index contributed by atoms with van der Waals surface area (Å²) in [5, 5.41) is 0. The molecule has 26 heavy (non-hydrogen) atoms. The van der Waals surface area contributed by atoms with Gasteiger partial charge in [-0.3, -0.25) is 0 Å². The zero-order valence-electron chi connectivity index (χ0n) is 16.8. The van der Waals surface area contributed by atoms with Gasteiger partial charge in [0.2, 0.25) is 0 Å². The van der Waals surface area contributed by atoms with Crippen LogP contribution in [0.4, 0.5) is 0 Å². The Morgan fingerprint density at radius 3 is 1.85 bits per heavy atom. The lowest BCUT2D eigenvalue weighted by molar-refractivity contribution is 0.586. The summed E-state index contributed by atoms with van der Waals surface area (Å²) < 4.78 is 4.30. The molecule has 0 bridgehead atoms. The number of hydrogen-bond acceptors (Lipinski definition) is 0. The van der Waals surface area contributed by atoms with Gasteiger partial charge in [0.1, 0.15) is 0 Å². The van der Waals surface area contributed by atoms with Crippen LogP contribution in [0.1, 0.15) is 52.7 Å². The monoisotopic (exact) mass is 346 g/mol. The first-order valence-corrected chi connectivity index (χ1v) is 9.29. The lowest BCUT2D eigenvalue weighted by atomic mass is 9.88. The molecule has 0 amide bonds. The fourth-order valence-corrected chi connectivity index (χ4v) is 2.98. The summed E-state index contributed by atoms with van der Waals surface area (Å²) in [6.07, 6.45) is 8.48. The predicted octanol–water partition coefficient (Wildman–Crippen LogP) is 6.47. The summed E-state index contributed by atoms with van der Waals surface area (Å²) in [5.41, 5.74) is 5.76. The Kier molecular flexibility index (Phi) is 4.70. The van der Waals surface area contributed by atoms with Crippen LogP contribution in [-0.2, 0) is 10.8 Å². The Bertz CT molecular complexity index is 920. The molecule has 0 spiro atoms. The lowest BCUT2D eigenvalue weighted by Gasteiger charge is -2.18. The number of rotatable bonds is 0. The van der Waals surface area contributed by atoms with E-state index in [1.165, 1.54) is 22.2 Å². The van der Waals surface area contributed by atoms with Gasteiger partial charge in [-0.25, -0.2) is 0 Å². The lowest BCUT2D eigenvalue weighted by Crippen LogP contribution is -2.11. The normalized spacial score (nSPS) is 12.2. The summed E-state index contributed by atoms with van der Waals surface area (Å²) >= 11 is 0. The summed E-state index contributed by atoms with van der Waals surface area (Å²) in [4.78, 5) is 0. The van der Waals surface area contributed by atoms with Crippen molar-refractivity contribution in [2.75, 3.05) is 0 Å². The summed E-state index contributed by atoms with van der Waals surface area (Å²) in [6.45, 7) is 13.4. The second-order valence-corrected chi connectivity index (χ2v) is 9.01. The molecule has 4 heterocycles. The molecule has 0 aromatic carbocycles. The van der Waals surface area contributed by atoms with Crippen LogP contribution in [0.5, 0.6) is 0 Å². The maximum absolute atomic E-state index is 2.25. The van der Waals surface area contributed by atoms with Crippen LogP contribution in [0, 0.1) is 0 Å². The minimum atomic E-state index is 0.235. The molecule has 4 aromatic heterocycles. The predicted molar refractivity (Wildman–Crippen MR) is 112 cm³/mol. The first kappa shape index (κ1) is 18.3.